The highest BCUT2D eigenvalue weighted by Gasteiger charge is 2.24. The Kier molecular flexibility index (Phi) is 3.66. The Bertz CT molecular complexity index is 690. The van der Waals surface area contributed by atoms with E-state index in [9.17, 15) is 4.79 Å². The maximum absolute atomic E-state index is 12.8. The Morgan fingerprint density at radius 2 is 2.19 bits per heavy atom. The minimum atomic E-state index is -0.199. The molecule has 5 nitrogen and oxygen atoms in total. The van der Waals surface area contributed by atoms with E-state index in [4.69, 9.17) is 22.1 Å². The number of para-hydroxylation sites is 2. The molecule has 1 amide bonds. The Hall–Kier alpha value is -2.27. The Balaban J connectivity index is 2.03. The van der Waals surface area contributed by atoms with E-state index in [-0.39, 0.29) is 11.1 Å². The van der Waals surface area contributed by atoms with E-state index in [2.05, 4.69) is 4.98 Å². The van der Waals surface area contributed by atoms with E-state index in [1.807, 2.05) is 24.3 Å². The zero-order valence-corrected chi connectivity index (χ0v) is 12.0. The number of carbonyl (C=O) groups excluding carboxylic acids is 1. The van der Waals surface area contributed by atoms with E-state index >= 15 is 0 Å². The zero-order chi connectivity index (χ0) is 14.8. The summed E-state index contributed by atoms with van der Waals surface area (Å²) in [5.41, 5.74) is 7.26. The molecule has 108 valence electrons. The highest BCUT2D eigenvalue weighted by molar-refractivity contribution is 6.30. The van der Waals surface area contributed by atoms with Crippen LogP contribution in [0.25, 0.3) is 0 Å². The molecule has 1 aromatic carbocycles. The van der Waals surface area contributed by atoms with Crippen LogP contribution < -0.4 is 15.4 Å². The number of hydrogen-bond donors (Lipinski definition) is 1. The van der Waals surface area contributed by atoms with Gasteiger partial charge in [-0.1, -0.05) is 23.7 Å². The summed E-state index contributed by atoms with van der Waals surface area (Å²) < 4.78 is 5.66. The van der Waals surface area contributed by atoms with Gasteiger partial charge < -0.3 is 15.4 Å². The summed E-state index contributed by atoms with van der Waals surface area (Å²) in [5, 5.41) is 0.243. The van der Waals surface area contributed by atoms with Crippen molar-refractivity contribution in [2.45, 2.75) is 6.42 Å². The van der Waals surface area contributed by atoms with Gasteiger partial charge in [0.2, 0.25) is 0 Å². The molecule has 1 aliphatic heterocycles. The topological polar surface area (TPSA) is 68.5 Å². The first kappa shape index (κ1) is 13.7. The number of carbonyl (C=O) groups is 1. The molecule has 0 bridgehead atoms. The maximum atomic E-state index is 12.8. The molecule has 1 aliphatic rings. The summed E-state index contributed by atoms with van der Waals surface area (Å²) in [6.45, 7) is 1.14. The summed E-state index contributed by atoms with van der Waals surface area (Å²) in [6.07, 6.45) is 2.15. The number of nitrogens with two attached hydrogens (primary N) is 1. The molecule has 0 saturated carbocycles. The number of anilines is 2. The average molecular weight is 304 g/mol. The van der Waals surface area contributed by atoms with Crippen molar-refractivity contribution in [1.82, 2.24) is 4.98 Å². The Morgan fingerprint density at radius 1 is 1.38 bits per heavy atom. The normalized spacial score (nSPS) is 14.0. The lowest BCUT2D eigenvalue weighted by Gasteiger charge is -2.22. The van der Waals surface area contributed by atoms with Crippen LogP contribution >= 0.6 is 11.6 Å². The second kappa shape index (κ2) is 5.61. The molecule has 0 saturated heterocycles. The summed E-state index contributed by atoms with van der Waals surface area (Å²) >= 11 is 5.87. The van der Waals surface area contributed by atoms with Crippen molar-refractivity contribution in [1.29, 1.82) is 0 Å². The lowest BCUT2D eigenvalue weighted by Crippen LogP contribution is -2.32. The summed E-state index contributed by atoms with van der Waals surface area (Å²) in [7, 11) is 0. The molecule has 0 radical (unpaired) electrons. The van der Waals surface area contributed by atoms with Crippen molar-refractivity contribution in [2.75, 3.05) is 23.8 Å². The second-order valence-corrected chi connectivity index (χ2v) is 5.11. The molecule has 3 rings (SSSR count). The van der Waals surface area contributed by atoms with Gasteiger partial charge in [-0.05, 0) is 24.6 Å². The van der Waals surface area contributed by atoms with Crippen LogP contribution in [0.2, 0.25) is 5.15 Å². The van der Waals surface area contributed by atoms with Gasteiger partial charge >= 0.3 is 0 Å². The largest absolute Gasteiger partial charge is 0.491 e. The summed E-state index contributed by atoms with van der Waals surface area (Å²) in [5.74, 6) is 0.497. The molecule has 2 aromatic rings. The van der Waals surface area contributed by atoms with E-state index in [1.165, 1.54) is 12.3 Å². The number of nitrogen functional groups attached to an aromatic ring is 1. The fraction of sp³-hybridized carbons (Fsp3) is 0.200. The van der Waals surface area contributed by atoms with Crippen LogP contribution in [0.1, 0.15) is 16.8 Å². The van der Waals surface area contributed by atoms with Gasteiger partial charge in [-0.15, -0.1) is 0 Å². The van der Waals surface area contributed by atoms with Gasteiger partial charge in [0.15, 0.2) is 0 Å². The van der Waals surface area contributed by atoms with Crippen LogP contribution in [0.5, 0.6) is 5.75 Å². The molecule has 0 atom stereocenters. The Labute approximate surface area is 127 Å². The number of benzene rings is 1. The fourth-order valence-corrected chi connectivity index (χ4v) is 2.47. The SMILES string of the molecule is Nc1cnc(Cl)cc1C(=O)N1CCCOc2ccccc21. The first-order valence-electron chi connectivity index (χ1n) is 6.61. The van der Waals surface area contributed by atoms with E-state index < -0.39 is 0 Å². The van der Waals surface area contributed by atoms with Crippen LogP contribution in [-0.2, 0) is 0 Å². The van der Waals surface area contributed by atoms with Gasteiger partial charge in [-0.2, -0.15) is 0 Å². The third kappa shape index (κ3) is 2.64. The lowest BCUT2D eigenvalue weighted by atomic mass is 10.1. The van der Waals surface area contributed by atoms with Gasteiger partial charge in [0.25, 0.3) is 5.91 Å². The molecule has 21 heavy (non-hydrogen) atoms. The van der Waals surface area contributed by atoms with Gasteiger partial charge in [0, 0.05) is 6.54 Å². The Morgan fingerprint density at radius 3 is 3.05 bits per heavy atom. The van der Waals surface area contributed by atoms with Crippen LogP contribution in [0.3, 0.4) is 0 Å². The van der Waals surface area contributed by atoms with Crippen molar-refractivity contribution < 1.29 is 9.53 Å². The quantitative estimate of drug-likeness (QED) is 0.823. The molecule has 6 heteroatoms. The second-order valence-electron chi connectivity index (χ2n) is 4.72. The van der Waals surface area contributed by atoms with Gasteiger partial charge in [-0.3, -0.25) is 4.79 Å². The third-order valence-electron chi connectivity index (χ3n) is 3.32. The predicted octanol–water partition coefficient (Wildman–Crippen LogP) is 2.75. The molecule has 0 spiro atoms. The highest BCUT2D eigenvalue weighted by Crippen LogP contribution is 2.32. The number of hydrogen-bond acceptors (Lipinski definition) is 4. The fourth-order valence-electron chi connectivity index (χ4n) is 2.31. The standard InChI is InChI=1S/C15H14ClN3O2/c16-14-8-10(11(17)9-18-14)15(20)19-6-3-7-21-13-5-2-1-4-12(13)19/h1-2,4-5,8-9H,3,6-7,17H2. The number of fused-ring (bicyclic) bond motifs is 1. The summed E-state index contributed by atoms with van der Waals surface area (Å²) in [4.78, 5) is 18.3. The summed E-state index contributed by atoms with van der Waals surface area (Å²) in [6, 6.07) is 8.95. The van der Waals surface area contributed by atoms with Crippen LogP contribution in [0.4, 0.5) is 11.4 Å². The van der Waals surface area contributed by atoms with E-state index in [0.29, 0.717) is 30.2 Å². The van der Waals surface area contributed by atoms with Crippen LogP contribution in [0, 0.1) is 0 Å². The molecule has 2 heterocycles. The number of pyridine rings is 1. The van der Waals surface area contributed by atoms with E-state index in [0.717, 1.165) is 12.1 Å². The first-order chi connectivity index (χ1) is 10.2. The molecule has 0 unspecified atom stereocenters. The molecular formula is C15H14ClN3O2. The smallest absolute Gasteiger partial charge is 0.260 e. The van der Waals surface area contributed by atoms with Crippen molar-refractivity contribution in [3.63, 3.8) is 0 Å². The van der Waals surface area contributed by atoms with Crippen molar-refractivity contribution >= 4 is 28.9 Å². The average Bonchev–Trinajstić information content (AvgIpc) is 2.71. The molecule has 0 fully saturated rings. The number of amides is 1. The van der Waals surface area contributed by atoms with Gasteiger partial charge in [0.05, 0.1) is 29.7 Å². The van der Waals surface area contributed by atoms with Gasteiger partial charge in [-0.25, -0.2) is 4.98 Å². The highest BCUT2D eigenvalue weighted by atomic mass is 35.5. The molecule has 1 aromatic heterocycles. The van der Waals surface area contributed by atoms with E-state index in [1.54, 1.807) is 4.90 Å². The van der Waals surface area contributed by atoms with Crippen LogP contribution in [0.15, 0.2) is 36.5 Å². The monoisotopic (exact) mass is 303 g/mol. The number of ether oxygens (including phenoxy) is 1. The maximum Gasteiger partial charge on any atom is 0.260 e. The van der Waals surface area contributed by atoms with Gasteiger partial charge in [0.1, 0.15) is 10.9 Å². The van der Waals surface area contributed by atoms with Crippen molar-refractivity contribution in [2.24, 2.45) is 0 Å². The number of aromatic nitrogens is 1. The van der Waals surface area contributed by atoms with Crippen molar-refractivity contribution in [3.05, 3.63) is 47.2 Å². The minimum absolute atomic E-state index is 0.199. The molecular weight excluding hydrogens is 290 g/mol. The zero-order valence-electron chi connectivity index (χ0n) is 11.3. The number of halogens is 1. The molecule has 2 N–H and O–H groups in total. The minimum Gasteiger partial charge on any atom is -0.491 e. The predicted molar refractivity (Wildman–Crippen MR) is 81.9 cm³/mol. The number of rotatable bonds is 1. The van der Waals surface area contributed by atoms with Crippen molar-refractivity contribution in [3.8, 4) is 5.75 Å². The third-order valence-corrected chi connectivity index (χ3v) is 3.52. The first-order valence-corrected chi connectivity index (χ1v) is 6.99. The number of nitrogens with zero attached hydrogens (tertiary/aromatic N) is 2. The molecule has 0 aliphatic carbocycles. The lowest BCUT2D eigenvalue weighted by molar-refractivity contribution is 0.0988. The van der Waals surface area contributed by atoms with Crippen LogP contribution in [-0.4, -0.2) is 24.0 Å².